The highest BCUT2D eigenvalue weighted by molar-refractivity contribution is 7.99. The number of anilines is 1. The normalized spacial score (nSPS) is 20.0. The lowest BCUT2D eigenvalue weighted by Gasteiger charge is -2.11. The summed E-state index contributed by atoms with van der Waals surface area (Å²) in [6, 6.07) is 2.06. The minimum absolute atomic E-state index is 0.518. The summed E-state index contributed by atoms with van der Waals surface area (Å²) in [4.78, 5) is 9.25. The van der Waals surface area contributed by atoms with Crippen molar-refractivity contribution in [2.45, 2.75) is 37.9 Å². The first-order valence-corrected chi connectivity index (χ1v) is 7.05. The maximum Gasteiger partial charge on any atom is 0.143 e. The molecule has 1 fully saturated rings. The van der Waals surface area contributed by atoms with Crippen LogP contribution in [0.25, 0.3) is 0 Å². The predicted molar refractivity (Wildman–Crippen MR) is 70.0 cm³/mol. The Bertz CT molecular complexity index is 348. The van der Waals surface area contributed by atoms with Gasteiger partial charge in [0.25, 0.3) is 0 Å². The van der Waals surface area contributed by atoms with E-state index in [9.17, 15) is 0 Å². The fourth-order valence-electron chi connectivity index (χ4n) is 1.96. The summed E-state index contributed by atoms with van der Waals surface area (Å²) in [5.74, 6) is 3.24. The highest BCUT2D eigenvalue weighted by atomic mass is 32.2. The van der Waals surface area contributed by atoms with Crippen molar-refractivity contribution >= 4 is 17.6 Å². The van der Waals surface area contributed by atoms with Gasteiger partial charge in [-0.15, -0.1) is 0 Å². The molecule has 0 radical (unpaired) electrons. The molecule has 1 aliphatic rings. The van der Waals surface area contributed by atoms with E-state index in [1.807, 2.05) is 18.8 Å². The molecule has 0 bridgehead atoms. The van der Waals surface area contributed by atoms with Gasteiger partial charge in [0.15, 0.2) is 0 Å². The molecule has 16 heavy (non-hydrogen) atoms. The summed E-state index contributed by atoms with van der Waals surface area (Å²) in [5.41, 5.74) is 1.17. The van der Waals surface area contributed by atoms with Crippen LogP contribution in [-0.2, 0) is 6.42 Å². The molecule has 1 N–H and O–H groups in total. The van der Waals surface area contributed by atoms with Gasteiger partial charge in [-0.05, 0) is 25.0 Å². The van der Waals surface area contributed by atoms with Gasteiger partial charge in [-0.3, -0.25) is 0 Å². The van der Waals surface area contributed by atoms with Crippen molar-refractivity contribution in [2.24, 2.45) is 0 Å². The largest absolute Gasteiger partial charge is 0.373 e. The van der Waals surface area contributed by atoms with Crippen molar-refractivity contribution in [3.05, 3.63) is 17.6 Å². The monoisotopic (exact) mass is 237 g/mol. The van der Waals surface area contributed by atoms with Crippen LogP contribution in [0.4, 0.5) is 5.82 Å². The molecule has 1 aromatic heterocycles. The van der Waals surface area contributed by atoms with E-state index in [1.54, 1.807) is 0 Å². The maximum atomic E-state index is 4.68. The SMILES string of the molecule is CCCc1cc(NC)nc(C2CCCS2)n1. The number of aryl methyl sites for hydroxylation is 1. The quantitative estimate of drug-likeness (QED) is 0.873. The maximum absolute atomic E-state index is 4.68. The minimum atomic E-state index is 0.518. The molecule has 2 rings (SSSR count). The van der Waals surface area contributed by atoms with Crippen LogP contribution >= 0.6 is 11.8 Å². The van der Waals surface area contributed by atoms with Gasteiger partial charge in [-0.1, -0.05) is 13.3 Å². The Hall–Kier alpha value is -0.770. The van der Waals surface area contributed by atoms with Crippen LogP contribution in [0.5, 0.6) is 0 Å². The Morgan fingerprint density at radius 1 is 1.50 bits per heavy atom. The Morgan fingerprint density at radius 3 is 3.00 bits per heavy atom. The third-order valence-electron chi connectivity index (χ3n) is 2.78. The molecule has 0 aliphatic carbocycles. The van der Waals surface area contributed by atoms with Gasteiger partial charge < -0.3 is 5.32 Å². The average Bonchev–Trinajstić information content (AvgIpc) is 2.82. The highest BCUT2D eigenvalue weighted by Crippen LogP contribution is 2.38. The van der Waals surface area contributed by atoms with Gasteiger partial charge in [-0.25, -0.2) is 9.97 Å². The summed E-state index contributed by atoms with van der Waals surface area (Å²) in [6.07, 6.45) is 4.70. The van der Waals surface area contributed by atoms with Gasteiger partial charge in [0.2, 0.25) is 0 Å². The molecule has 0 spiro atoms. The molecule has 2 heterocycles. The highest BCUT2D eigenvalue weighted by Gasteiger charge is 2.21. The van der Waals surface area contributed by atoms with Crippen LogP contribution in [0.15, 0.2) is 6.07 Å². The summed E-state index contributed by atoms with van der Waals surface area (Å²) < 4.78 is 0. The first kappa shape index (κ1) is 11.7. The van der Waals surface area contributed by atoms with Crippen LogP contribution in [0.2, 0.25) is 0 Å². The zero-order chi connectivity index (χ0) is 11.4. The molecule has 1 unspecified atom stereocenters. The van der Waals surface area contributed by atoms with E-state index >= 15 is 0 Å². The third kappa shape index (κ3) is 2.67. The lowest BCUT2D eigenvalue weighted by atomic mass is 10.2. The Labute approximate surface area is 101 Å². The second-order valence-corrected chi connectivity index (χ2v) is 5.41. The number of hydrogen-bond donors (Lipinski definition) is 1. The van der Waals surface area contributed by atoms with E-state index in [0.717, 1.165) is 24.5 Å². The number of aromatic nitrogens is 2. The van der Waals surface area contributed by atoms with E-state index in [2.05, 4.69) is 28.3 Å². The van der Waals surface area contributed by atoms with Gasteiger partial charge in [0.05, 0.1) is 5.25 Å². The molecular weight excluding hydrogens is 218 g/mol. The van der Waals surface area contributed by atoms with Crippen LogP contribution in [0.3, 0.4) is 0 Å². The zero-order valence-electron chi connectivity index (χ0n) is 9.99. The van der Waals surface area contributed by atoms with Crippen molar-refractivity contribution in [3.63, 3.8) is 0 Å². The summed E-state index contributed by atoms with van der Waals surface area (Å²) in [7, 11) is 1.92. The molecule has 0 saturated carbocycles. The fourth-order valence-corrected chi connectivity index (χ4v) is 3.16. The molecule has 3 nitrogen and oxygen atoms in total. The third-order valence-corrected chi connectivity index (χ3v) is 4.15. The molecule has 1 atom stereocenters. The lowest BCUT2D eigenvalue weighted by molar-refractivity contribution is 0.758. The first-order valence-electron chi connectivity index (χ1n) is 6.00. The number of nitrogens with zero attached hydrogens (tertiary/aromatic N) is 2. The molecule has 1 aliphatic heterocycles. The van der Waals surface area contributed by atoms with Gasteiger partial charge in [0, 0.05) is 18.8 Å². The second kappa shape index (κ2) is 5.53. The van der Waals surface area contributed by atoms with E-state index in [4.69, 9.17) is 0 Å². The smallest absolute Gasteiger partial charge is 0.143 e. The van der Waals surface area contributed by atoms with Crippen LogP contribution in [-0.4, -0.2) is 22.8 Å². The van der Waals surface area contributed by atoms with E-state index < -0.39 is 0 Å². The van der Waals surface area contributed by atoms with Crippen LogP contribution in [0, 0.1) is 0 Å². The van der Waals surface area contributed by atoms with E-state index in [1.165, 1.54) is 24.3 Å². The van der Waals surface area contributed by atoms with Crippen molar-refractivity contribution in [1.29, 1.82) is 0 Å². The standard InChI is InChI=1S/C12H19N3S/c1-3-5-9-8-11(13-2)15-12(14-9)10-6-4-7-16-10/h8,10H,3-7H2,1-2H3,(H,13,14,15). The molecule has 1 aromatic rings. The molecule has 0 aromatic carbocycles. The number of nitrogens with one attached hydrogen (secondary N) is 1. The summed E-state index contributed by atoms with van der Waals surface area (Å²) in [5, 5.41) is 3.65. The Kier molecular flexibility index (Phi) is 4.04. The van der Waals surface area contributed by atoms with E-state index in [0.29, 0.717) is 5.25 Å². The van der Waals surface area contributed by atoms with Crippen LogP contribution in [0.1, 0.15) is 43.0 Å². The summed E-state index contributed by atoms with van der Waals surface area (Å²) >= 11 is 1.99. The van der Waals surface area contributed by atoms with Crippen molar-refractivity contribution in [1.82, 2.24) is 9.97 Å². The number of thioether (sulfide) groups is 1. The molecule has 1 saturated heterocycles. The van der Waals surface area contributed by atoms with Crippen LogP contribution < -0.4 is 5.32 Å². The van der Waals surface area contributed by atoms with Gasteiger partial charge >= 0.3 is 0 Å². The van der Waals surface area contributed by atoms with Crippen molar-refractivity contribution < 1.29 is 0 Å². The van der Waals surface area contributed by atoms with Crippen molar-refractivity contribution in [3.8, 4) is 0 Å². The number of hydrogen-bond acceptors (Lipinski definition) is 4. The topological polar surface area (TPSA) is 37.8 Å². The van der Waals surface area contributed by atoms with E-state index in [-0.39, 0.29) is 0 Å². The second-order valence-electron chi connectivity index (χ2n) is 4.10. The molecule has 88 valence electrons. The fraction of sp³-hybridized carbons (Fsp3) is 0.667. The number of rotatable bonds is 4. The molecule has 4 heteroatoms. The predicted octanol–water partition coefficient (Wildman–Crippen LogP) is 3.04. The Balaban J connectivity index is 2.24. The minimum Gasteiger partial charge on any atom is -0.373 e. The first-order chi connectivity index (χ1) is 7.83. The van der Waals surface area contributed by atoms with Crippen molar-refractivity contribution in [2.75, 3.05) is 18.1 Å². The lowest BCUT2D eigenvalue weighted by Crippen LogP contribution is -2.05. The zero-order valence-corrected chi connectivity index (χ0v) is 10.8. The summed E-state index contributed by atoms with van der Waals surface area (Å²) in [6.45, 7) is 2.19. The molecule has 0 amide bonds. The van der Waals surface area contributed by atoms with Gasteiger partial charge in [0.1, 0.15) is 11.6 Å². The average molecular weight is 237 g/mol. The van der Waals surface area contributed by atoms with Gasteiger partial charge in [-0.2, -0.15) is 11.8 Å². The molecular formula is C12H19N3S. The Morgan fingerprint density at radius 2 is 2.38 bits per heavy atom.